The maximum absolute atomic E-state index is 6.16. The molecule has 4 rings (SSSR count). The lowest BCUT2D eigenvalue weighted by Gasteiger charge is -2.12. The highest BCUT2D eigenvalue weighted by molar-refractivity contribution is 6.30. The standard InChI is InChI=1S/C20H16Cl2N6/c21-19-26-16-15(17(27-19)23-11-13-7-3-1-4-8-13)25-20(22)28-18(16)24-12-14-9-5-2-6-10-14/h1-10H,11-12H2,(H,23,26,27)(H,24,25,28). The number of halogens is 2. The number of benzene rings is 2. The highest BCUT2D eigenvalue weighted by atomic mass is 35.5. The van der Waals surface area contributed by atoms with E-state index in [1.807, 2.05) is 60.7 Å². The van der Waals surface area contributed by atoms with Gasteiger partial charge in [0.2, 0.25) is 10.6 Å². The van der Waals surface area contributed by atoms with Gasteiger partial charge >= 0.3 is 0 Å². The average molecular weight is 411 g/mol. The maximum atomic E-state index is 6.16. The molecular weight excluding hydrogens is 395 g/mol. The van der Waals surface area contributed by atoms with Crippen molar-refractivity contribution in [3.63, 3.8) is 0 Å². The van der Waals surface area contributed by atoms with Gasteiger partial charge in [-0.1, -0.05) is 60.7 Å². The highest BCUT2D eigenvalue weighted by Gasteiger charge is 2.15. The molecule has 0 radical (unpaired) electrons. The van der Waals surface area contributed by atoms with Crippen LogP contribution in [-0.2, 0) is 13.1 Å². The first-order valence-corrected chi connectivity index (χ1v) is 9.41. The van der Waals surface area contributed by atoms with Gasteiger partial charge in [0, 0.05) is 13.1 Å². The van der Waals surface area contributed by atoms with Gasteiger partial charge in [-0.05, 0) is 34.3 Å². The predicted molar refractivity (Wildman–Crippen MR) is 113 cm³/mol. The van der Waals surface area contributed by atoms with E-state index in [4.69, 9.17) is 23.2 Å². The summed E-state index contributed by atoms with van der Waals surface area (Å²) >= 11 is 12.3. The Labute approximate surface area is 172 Å². The molecule has 0 atom stereocenters. The van der Waals surface area contributed by atoms with E-state index >= 15 is 0 Å². The molecule has 0 bridgehead atoms. The minimum atomic E-state index is 0.108. The van der Waals surface area contributed by atoms with E-state index in [2.05, 4.69) is 30.6 Å². The van der Waals surface area contributed by atoms with E-state index < -0.39 is 0 Å². The van der Waals surface area contributed by atoms with Crippen LogP contribution < -0.4 is 10.6 Å². The van der Waals surface area contributed by atoms with Crippen molar-refractivity contribution in [1.29, 1.82) is 0 Å². The SMILES string of the molecule is Clc1nc(NCc2ccccc2)c2nc(Cl)nc(NCc3ccccc3)c2n1. The average Bonchev–Trinajstić information content (AvgIpc) is 2.72. The molecule has 2 heterocycles. The molecule has 0 amide bonds. The normalized spacial score (nSPS) is 10.8. The van der Waals surface area contributed by atoms with Crippen LogP contribution in [-0.4, -0.2) is 19.9 Å². The van der Waals surface area contributed by atoms with Gasteiger partial charge in [0.1, 0.15) is 11.0 Å². The molecule has 0 aliphatic rings. The quantitative estimate of drug-likeness (QED) is 0.438. The lowest BCUT2D eigenvalue weighted by Crippen LogP contribution is -2.08. The van der Waals surface area contributed by atoms with Gasteiger partial charge in [-0.2, -0.15) is 9.97 Å². The number of hydrogen-bond acceptors (Lipinski definition) is 6. The molecule has 0 fully saturated rings. The molecule has 0 saturated carbocycles. The molecule has 0 saturated heterocycles. The summed E-state index contributed by atoms with van der Waals surface area (Å²) in [6.45, 7) is 1.13. The minimum absolute atomic E-state index is 0.108. The van der Waals surface area contributed by atoms with E-state index in [1.54, 1.807) is 0 Å². The van der Waals surface area contributed by atoms with E-state index in [-0.39, 0.29) is 10.6 Å². The molecule has 0 unspecified atom stereocenters. The fraction of sp³-hybridized carbons (Fsp3) is 0.100. The summed E-state index contributed by atoms with van der Waals surface area (Å²) < 4.78 is 0. The fourth-order valence-electron chi connectivity index (χ4n) is 2.77. The Hall–Kier alpha value is -2.96. The Bertz CT molecular complexity index is 1000. The summed E-state index contributed by atoms with van der Waals surface area (Å²) in [5.74, 6) is 1.01. The Balaban J connectivity index is 1.66. The number of fused-ring (bicyclic) bond motifs is 1. The first kappa shape index (κ1) is 18.4. The molecule has 0 spiro atoms. The van der Waals surface area contributed by atoms with Gasteiger partial charge in [-0.25, -0.2) is 9.97 Å². The van der Waals surface area contributed by atoms with Crippen molar-refractivity contribution < 1.29 is 0 Å². The molecular formula is C20H16Cl2N6. The van der Waals surface area contributed by atoms with Crippen LogP contribution in [0, 0.1) is 0 Å². The molecule has 2 N–H and O–H groups in total. The Kier molecular flexibility index (Phi) is 5.50. The Morgan fingerprint density at radius 3 is 1.36 bits per heavy atom. The second-order valence-corrected chi connectivity index (χ2v) is 6.73. The van der Waals surface area contributed by atoms with E-state index in [1.165, 1.54) is 0 Å². The molecule has 140 valence electrons. The zero-order chi connectivity index (χ0) is 19.3. The zero-order valence-corrected chi connectivity index (χ0v) is 16.2. The van der Waals surface area contributed by atoms with Gasteiger partial charge in [0.15, 0.2) is 11.6 Å². The molecule has 0 aliphatic carbocycles. The third kappa shape index (κ3) is 4.30. The summed E-state index contributed by atoms with van der Waals surface area (Å²) in [6, 6.07) is 19.9. The summed E-state index contributed by atoms with van der Waals surface area (Å²) in [6.07, 6.45) is 0. The van der Waals surface area contributed by atoms with E-state index in [0.717, 1.165) is 11.1 Å². The van der Waals surface area contributed by atoms with Crippen molar-refractivity contribution in [2.24, 2.45) is 0 Å². The second kappa shape index (κ2) is 8.37. The van der Waals surface area contributed by atoms with Crippen molar-refractivity contribution in [3.05, 3.63) is 82.4 Å². The van der Waals surface area contributed by atoms with Crippen molar-refractivity contribution in [2.75, 3.05) is 10.6 Å². The molecule has 2 aromatic carbocycles. The van der Waals surface area contributed by atoms with Crippen LogP contribution in [0.5, 0.6) is 0 Å². The van der Waals surface area contributed by atoms with Crippen LogP contribution in [0.1, 0.15) is 11.1 Å². The summed E-state index contributed by atoms with van der Waals surface area (Å²) in [4.78, 5) is 17.2. The van der Waals surface area contributed by atoms with Crippen LogP contribution in [0.3, 0.4) is 0 Å². The number of hydrogen-bond donors (Lipinski definition) is 2. The lowest BCUT2D eigenvalue weighted by molar-refractivity contribution is 1.06. The molecule has 28 heavy (non-hydrogen) atoms. The van der Waals surface area contributed by atoms with Gasteiger partial charge in [0.25, 0.3) is 0 Å². The highest BCUT2D eigenvalue weighted by Crippen LogP contribution is 2.27. The van der Waals surface area contributed by atoms with Crippen molar-refractivity contribution in [2.45, 2.75) is 13.1 Å². The van der Waals surface area contributed by atoms with Crippen LogP contribution in [0.25, 0.3) is 11.0 Å². The third-order valence-corrected chi connectivity index (χ3v) is 4.43. The van der Waals surface area contributed by atoms with Crippen molar-refractivity contribution in [3.8, 4) is 0 Å². The van der Waals surface area contributed by atoms with Crippen LogP contribution in [0.15, 0.2) is 60.7 Å². The summed E-state index contributed by atoms with van der Waals surface area (Å²) in [7, 11) is 0. The van der Waals surface area contributed by atoms with Crippen LogP contribution in [0.4, 0.5) is 11.6 Å². The number of nitrogens with zero attached hydrogens (tertiary/aromatic N) is 4. The summed E-state index contributed by atoms with van der Waals surface area (Å²) in [5.41, 5.74) is 3.23. The predicted octanol–water partition coefficient (Wildman–Crippen LogP) is 4.95. The van der Waals surface area contributed by atoms with Gasteiger partial charge in [-0.15, -0.1) is 0 Å². The number of nitrogens with one attached hydrogen (secondary N) is 2. The van der Waals surface area contributed by atoms with E-state index in [0.29, 0.717) is 35.8 Å². The third-order valence-electron chi connectivity index (χ3n) is 4.09. The topological polar surface area (TPSA) is 75.6 Å². The Morgan fingerprint density at radius 1 is 0.571 bits per heavy atom. The van der Waals surface area contributed by atoms with Gasteiger partial charge in [-0.3, -0.25) is 0 Å². The van der Waals surface area contributed by atoms with Crippen molar-refractivity contribution >= 4 is 45.9 Å². The first-order chi connectivity index (χ1) is 13.7. The number of anilines is 2. The smallest absolute Gasteiger partial charge is 0.225 e. The first-order valence-electron chi connectivity index (χ1n) is 8.65. The van der Waals surface area contributed by atoms with Crippen LogP contribution in [0.2, 0.25) is 10.6 Å². The second-order valence-electron chi connectivity index (χ2n) is 6.06. The fourth-order valence-corrected chi connectivity index (χ4v) is 3.11. The zero-order valence-electron chi connectivity index (χ0n) is 14.7. The van der Waals surface area contributed by atoms with Crippen LogP contribution >= 0.6 is 23.2 Å². The molecule has 6 nitrogen and oxygen atoms in total. The Morgan fingerprint density at radius 2 is 0.964 bits per heavy atom. The monoisotopic (exact) mass is 410 g/mol. The van der Waals surface area contributed by atoms with Gasteiger partial charge in [0.05, 0.1) is 0 Å². The minimum Gasteiger partial charge on any atom is -0.364 e. The molecule has 0 aliphatic heterocycles. The van der Waals surface area contributed by atoms with E-state index in [9.17, 15) is 0 Å². The van der Waals surface area contributed by atoms with Crippen molar-refractivity contribution in [1.82, 2.24) is 19.9 Å². The molecule has 2 aromatic heterocycles. The molecule has 4 aromatic rings. The van der Waals surface area contributed by atoms with Gasteiger partial charge < -0.3 is 10.6 Å². The largest absolute Gasteiger partial charge is 0.364 e. The summed E-state index contributed by atoms with van der Waals surface area (Å²) in [5, 5.41) is 6.74. The molecule has 8 heteroatoms. The number of rotatable bonds is 6. The number of aromatic nitrogens is 4. The lowest BCUT2D eigenvalue weighted by atomic mass is 10.2. The maximum Gasteiger partial charge on any atom is 0.225 e.